The second-order valence-electron chi connectivity index (χ2n) is 8.15. The Balaban J connectivity index is 1.40. The minimum absolute atomic E-state index is 0.0544. The van der Waals surface area contributed by atoms with Crippen molar-refractivity contribution < 1.29 is 9.59 Å². The number of hydrogen-bond donors (Lipinski definition) is 3. The molecule has 0 bridgehead atoms. The topological polar surface area (TPSA) is 115 Å². The number of piperidine rings is 2. The number of fused-ring (bicyclic) bond motifs is 1. The lowest BCUT2D eigenvalue weighted by molar-refractivity contribution is -0.129. The van der Waals surface area contributed by atoms with E-state index in [0.717, 1.165) is 25.9 Å². The number of aromatic amines is 2. The normalized spacial score (nSPS) is 18.8. The van der Waals surface area contributed by atoms with E-state index in [9.17, 15) is 14.4 Å². The van der Waals surface area contributed by atoms with Crippen LogP contribution in [-0.2, 0) is 11.2 Å². The van der Waals surface area contributed by atoms with E-state index >= 15 is 0 Å². The first kappa shape index (κ1) is 20.9. The lowest BCUT2D eigenvalue weighted by Gasteiger charge is -2.40. The van der Waals surface area contributed by atoms with Gasteiger partial charge in [0.05, 0.1) is 28.0 Å². The maximum Gasteiger partial charge on any atom is 0.323 e. The van der Waals surface area contributed by atoms with Crippen LogP contribution in [0.15, 0.2) is 10.9 Å². The number of likely N-dealkylation sites (tertiary alicyclic amines) is 2. The molecule has 0 spiro atoms. The van der Waals surface area contributed by atoms with Crippen molar-refractivity contribution in [1.82, 2.24) is 19.8 Å². The van der Waals surface area contributed by atoms with Gasteiger partial charge in [-0.25, -0.2) is 4.79 Å². The number of imidazole rings is 1. The summed E-state index contributed by atoms with van der Waals surface area (Å²) < 4.78 is 0. The lowest BCUT2D eigenvalue weighted by Crippen LogP contribution is -2.48. The van der Waals surface area contributed by atoms with Crippen LogP contribution in [0.1, 0.15) is 48.0 Å². The number of carbonyl (C=O) groups excluding carboxylic acids is 2. The summed E-state index contributed by atoms with van der Waals surface area (Å²) in [4.78, 5) is 46.0. The van der Waals surface area contributed by atoms with Gasteiger partial charge in [0.2, 0.25) is 5.91 Å². The number of nitrogens with one attached hydrogen (secondary N) is 2. The fourth-order valence-electron chi connectivity index (χ4n) is 4.71. The van der Waals surface area contributed by atoms with E-state index in [1.54, 1.807) is 12.5 Å². The van der Waals surface area contributed by atoms with Crippen LogP contribution in [-0.4, -0.2) is 63.8 Å². The number of amides is 2. The van der Waals surface area contributed by atoms with Gasteiger partial charge in [0, 0.05) is 19.1 Å². The highest BCUT2D eigenvalue weighted by Gasteiger charge is 2.28. The number of nitrogens with zero attached hydrogens (tertiary/aromatic N) is 2. The lowest BCUT2D eigenvalue weighted by atomic mass is 9.98. The molecule has 0 aliphatic carbocycles. The van der Waals surface area contributed by atoms with Crippen molar-refractivity contribution in [2.75, 3.05) is 26.2 Å². The van der Waals surface area contributed by atoms with E-state index in [4.69, 9.17) is 17.3 Å². The standard InChI is InChI=1S/C21H27ClN5O3/c22-15-12-13(17(20(23)29)19-18(15)24-21(30)25-19)4-5-16(28)27-10-6-14(7-11-27)26-8-2-1-3-9-26/h5,12,14H,1-4,6-11H2,(H2,23,29)(H2,24,25,30). The van der Waals surface area contributed by atoms with Crippen molar-refractivity contribution in [3.63, 3.8) is 0 Å². The Labute approximate surface area is 179 Å². The summed E-state index contributed by atoms with van der Waals surface area (Å²) in [6.45, 7) is 3.82. The first-order valence-corrected chi connectivity index (χ1v) is 10.9. The fraction of sp³-hybridized carbons (Fsp3) is 0.524. The van der Waals surface area contributed by atoms with Crippen LogP contribution < -0.4 is 11.4 Å². The van der Waals surface area contributed by atoms with E-state index in [1.165, 1.54) is 32.4 Å². The molecule has 1 aromatic carbocycles. The van der Waals surface area contributed by atoms with E-state index in [-0.39, 0.29) is 23.4 Å². The molecule has 0 unspecified atom stereocenters. The predicted octanol–water partition coefficient (Wildman–Crippen LogP) is 1.83. The molecular weight excluding hydrogens is 406 g/mol. The number of aromatic nitrogens is 2. The van der Waals surface area contributed by atoms with Crippen molar-refractivity contribution in [2.24, 2.45) is 5.73 Å². The van der Waals surface area contributed by atoms with Crippen LogP contribution in [0.4, 0.5) is 0 Å². The summed E-state index contributed by atoms with van der Waals surface area (Å²) in [6.07, 6.45) is 7.64. The molecule has 2 fully saturated rings. The second-order valence-corrected chi connectivity index (χ2v) is 8.55. The van der Waals surface area contributed by atoms with Gasteiger partial charge in [-0.2, -0.15) is 0 Å². The third kappa shape index (κ3) is 4.25. The first-order chi connectivity index (χ1) is 14.4. The molecule has 2 aliphatic rings. The molecule has 2 saturated heterocycles. The number of halogens is 1. The van der Waals surface area contributed by atoms with Crippen molar-refractivity contribution in [2.45, 2.75) is 44.6 Å². The third-order valence-electron chi connectivity index (χ3n) is 6.26. The van der Waals surface area contributed by atoms with Gasteiger partial charge in [-0.1, -0.05) is 18.0 Å². The number of carbonyl (C=O) groups is 2. The third-order valence-corrected chi connectivity index (χ3v) is 6.56. The Kier molecular flexibility index (Phi) is 6.15. The molecule has 9 heteroatoms. The monoisotopic (exact) mass is 432 g/mol. The van der Waals surface area contributed by atoms with Crippen LogP contribution in [0.3, 0.4) is 0 Å². The van der Waals surface area contributed by atoms with Gasteiger partial charge in [0.1, 0.15) is 0 Å². The van der Waals surface area contributed by atoms with Crippen LogP contribution in [0, 0.1) is 6.42 Å². The molecule has 2 aliphatic heterocycles. The summed E-state index contributed by atoms with van der Waals surface area (Å²) in [6, 6.07) is 2.16. The Bertz CT molecular complexity index is 1000. The molecule has 8 nitrogen and oxygen atoms in total. The number of H-pyrrole nitrogens is 2. The Morgan fingerprint density at radius 3 is 2.43 bits per heavy atom. The highest BCUT2D eigenvalue weighted by atomic mass is 35.5. The maximum absolute atomic E-state index is 12.7. The van der Waals surface area contributed by atoms with Gasteiger partial charge < -0.3 is 25.5 Å². The van der Waals surface area contributed by atoms with Crippen molar-refractivity contribution in [3.8, 4) is 0 Å². The second kappa shape index (κ2) is 8.81. The molecule has 2 aromatic rings. The van der Waals surface area contributed by atoms with Gasteiger partial charge in [-0.15, -0.1) is 0 Å². The predicted molar refractivity (Wildman–Crippen MR) is 115 cm³/mol. The molecule has 2 amide bonds. The summed E-state index contributed by atoms with van der Waals surface area (Å²) in [5, 5.41) is 0.298. The highest BCUT2D eigenvalue weighted by molar-refractivity contribution is 6.35. The smallest absolute Gasteiger partial charge is 0.323 e. The minimum Gasteiger partial charge on any atom is -0.366 e. The van der Waals surface area contributed by atoms with Crippen molar-refractivity contribution in [3.05, 3.63) is 39.1 Å². The molecule has 1 radical (unpaired) electrons. The van der Waals surface area contributed by atoms with Gasteiger partial charge in [-0.05, 0) is 56.8 Å². The largest absolute Gasteiger partial charge is 0.366 e. The zero-order valence-corrected chi connectivity index (χ0v) is 17.6. The number of primary amides is 1. The van der Waals surface area contributed by atoms with Gasteiger partial charge in [0.15, 0.2) is 0 Å². The number of benzene rings is 1. The Hall–Kier alpha value is -2.32. The average Bonchev–Trinajstić information content (AvgIpc) is 3.14. The van der Waals surface area contributed by atoms with E-state index in [2.05, 4.69) is 14.9 Å². The van der Waals surface area contributed by atoms with Gasteiger partial charge >= 0.3 is 5.69 Å². The number of rotatable bonds is 5. The molecule has 4 rings (SSSR count). The van der Waals surface area contributed by atoms with Crippen LogP contribution >= 0.6 is 11.6 Å². The summed E-state index contributed by atoms with van der Waals surface area (Å²) >= 11 is 6.25. The van der Waals surface area contributed by atoms with E-state index in [1.807, 2.05) is 4.90 Å². The quantitative estimate of drug-likeness (QED) is 0.668. The zero-order valence-electron chi connectivity index (χ0n) is 16.9. The summed E-state index contributed by atoms with van der Waals surface area (Å²) in [5.74, 6) is -0.730. The number of hydrogen-bond acceptors (Lipinski definition) is 4. The minimum atomic E-state index is -0.676. The highest BCUT2D eigenvalue weighted by Crippen LogP contribution is 2.27. The molecule has 3 heterocycles. The van der Waals surface area contributed by atoms with Gasteiger partial charge in [0.25, 0.3) is 5.91 Å². The molecule has 161 valence electrons. The molecule has 30 heavy (non-hydrogen) atoms. The average molecular weight is 433 g/mol. The van der Waals surface area contributed by atoms with Gasteiger partial charge in [-0.3, -0.25) is 9.59 Å². The Morgan fingerprint density at radius 1 is 1.10 bits per heavy atom. The number of nitrogens with two attached hydrogens (primary N) is 1. The summed E-state index contributed by atoms with van der Waals surface area (Å²) in [7, 11) is 0. The van der Waals surface area contributed by atoms with Crippen LogP contribution in [0.25, 0.3) is 11.0 Å². The Morgan fingerprint density at radius 2 is 1.77 bits per heavy atom. The SMILES string of the molecule is NC(=O)c1c(C[CH]C(=O)N2CCC(N3CCCCC3)CC2)cc(Cl)c2[nH]c(=O)[nH]c12. The van der Waals surface area contributed by atoms with E-state index < -0.39 is 11.6 Å². The molecule has 1 aromatic heterocycles. The zero-order chi connectivity index (χ0) is 21.3. The van der Waals surface area contributed by atoms with E-state index in [0.29, 0.717) is 22.1 Å². The molecular formula is C21H27ClN5O3. The first-order valence-electron chi connectivity index (χ1n) is 10.5. The van der Waals surface area contributed by atoms with Crippen LogP contribution in [0.5, 0.6) is 0 Å². The van der Waals surface area contributed by atoms with Crippen molar-refractivity contribution >= 4 is 34.4 Å². The molecule has 4 N–H and O–H groups in total. The summed E-state index contributed by atoms with van der Waals surface area (Å²) in [5.41, 5.74) is 6.39. The molecule has 0 saturated carbocycles. The molecule has 0 atom stereocenters. The van der Waals surface area contributed by atoms with Crippen LogP contribution in [0.2, 0.25) is 5.02 Å². The van der Waals surface area contributed by atoms with Crippen molar-refractivity contribution in [1.29, 1.82) is 0 Å². The maximum atomic E-state index is 12.7. The fourth-order valence-corrected chi connectivity index (χ4v) is 4.98.